The molecule has 23 heavy (non-hydrogen) atoms. The number of aromatic nitrogens is 1. The van der Waals surface area contributed by atoms with Gasteiger partial charge < -0.3 is 20.2 Å². The van der Waals surface area contributed by atoms with E-state index in [1.807, 2.05) is 0 Å². The molecule has 1 atom stereocenters. The summed E-state index contributed by atoms with van der Waals surface area (Å²) < 4.78 is 24.1. The van der Waals surface area contributed by atoms with Crippen molar-refractivity contribution in [2.24, 2.45) is 0 Å². The number of halogens is 1. The van der Waals surface area contributed by atoms with Gasteiger partial charge in [-0.3, -0.25) is 4.79 Å². The summed E-state index contributed by atoms with van der Waals surface area (Å²) in [4.78, 5) is 16.4. The average molecular weight is 313 g/mol. The molecule has 6 nitrogen and oxygen atoms in total. The van der Waals surface area contributed by atoms with Crippen LogP contribution in [0.25, 0.3) is 11.1 Å². The van der Waals surface area contributed by atoms with Crippen molar-refractivity contribution in [3.05, 3.63) is 53.3 Å². The minimum Gasteiger partial charge on any atom is -0.488 e. The maximum Gasteiger partial charge on any atom is 0.292 e. The number of nitrogens with two attached hydrogens (primary N) is 1. The van der Waals surface area contributed by atoms with Crippen LogP contribution in [0.15, 0.2) is 40.8 Å². The second-order valence-corrected chi connectivity index (χ2v) is 5.23. The predicted octanol–water partition coefficient (Wildman–Crippen LogP) is 2.41. The maximum atomic E-state index is 13.6. The van der Waals surface area contributed by atoms with Gasteiger partial charge in [0.2, 0.25) is 0 Å². The van der Waals surface area contributed by atoms with E-state index >= 15 is 0 Å². The summed E-state index contributed by atoms with van der Waals surface area (Å²) in [5.41, 5.74) is 7.54. The molecular weight excluding hydrogens is 301 g/mol. The van der Waals surface area contributed by atoms with Crippen LogP contribution in [0, 0.1) is 5.82 Å². The summed E-state index contributed by atoms with van der Waals surface area (Å²) in [7, 11) is 0. The van der Waals surface area contributed by atoms with Crippen LogP contribution in [0.3, 0.4) is 0 Å². The van der Waals surface area contributed by atoms with Crippen LogP contribution in [0.2, 0.25) is 0 Å². The number of ether oxygens (including phenoxy) is 1. The number of fused-ring (bicyclic) bond motifs is 2. The molecule has 1 aromatic heterocycles. The van der Waals surface area contributed by atoms with E-state index in [-0.39, 0.29) is 24.3 Å². The predicted molar refractivity (Wildman–Crippen MR) is 80.5 cm³/mol. The van der Waals surface area contributed by atoms with Gasteiger partial charge in [-0.05, 0) is 24.3 Å². The lowest BCUT2D eigenvalue weighted by molar-refractivity contribution is 0.0930. The summed E-state index contributed by atoms with van der Waals surface area (Å²) in [5, 5.41) is 2.83. The first-order valence-electron chi connectivity index (χ1n) is 7.00. The summed E-state index contributed by atoms with van der Waals surface area (Å²) in [6.07, 6.45) is 0. The Hall–Kier alpha value is -3.09. The number of benzene rings is 2. The largest absolute Gasteiger partial charge is 0.488 e. The molecule has 0 saturated heterocycles. The zero-order valence-corrected chi connectivity index (χ0v) is 11.9. The van der Waals surface area contributed by atoms with Gasteiger partial charge in [0, 0.05) is 11.1 Å². The standard InChI is InChI=1S/C16H12FN3O3/c17-10-3-1-2-9-12(7-22-14(9)10)19-15(21)8-4-5-13-11(6-8)20-16(18)23-13/h1-6,12H,7H2,(H2,18,20)(H,19,21). The highest BCUT2D eigenvalue weighted by molar-refractivity contribution is 5.97. The van der Waals surface area contributed by atoms with Gasteiger partial charge in [0.05, 0.1) is 6.04 Å². The normalized spacial score (nSPS) is 16.1. The van der Waals surface area contributed by atoms with Gasteiger partial charge in [0.15, 0.2) is 17.1 Å². The van der Waals surface area contributed by atoms with E-state index in [0.717, 1.165) is 0 Å². The van der Waals surface area contributed by atoms with Gasteiger partial charge in [0.1, 0.15) is 12.1 Å². The lowest BCUT2D eigenvalue weighted by Crippen LogP contribution is -2.29. The fraction of sp³-hybridized carbons (Fsp3) is 0.125. The first kappa shape index (κ1) is 13.6. The molecule has 0 saturated carbocycles. The SMILES string of the molecule is Nc1nc2cc(C(=O)NC3COc4c(F)cccc43)ccc2o1. The molecule has 0 bridgehead atoms. The van der Waals surface area contributed by atoms with E-state index in [2.05, 4.69) is 10.3 Å². The van der Waals surface area contributed by atoms with E-state index in [9.17, 15) is 9.18 Å². The smallest absolute Gasteiger partial charge is 0.292 e. The Morgan fingerprint density at radius 3 is 3.09 bits per heavy atom. The molecule has 2 aromatic carbocycles. The molecule has 1 aliphatic rings. The van der Waals surface area contributed by atoms with Crippen molar-refractivity contribution in [2.45, 2.75) is 6.04 Å². The third-order valence-electron chi connectivity index (χ3n) is 3.74. The summed E-state index contributed by atoms with van der Waals surface area (Å²) in [6, 6.07) is 9.14. The van der Waals surface area contributed by atoms with E-state index in [1.54, 1.807) is 30.3 Å². The number of anilines is 1. The van der Waals surface area contributed by atoms with E-state index < -0.39 is 11.9 Å². The van der Waals surface area contributed by atoms with Crippen LogP contribution in [0.5, 0.6) is 5.75 Å². The Morgan fingerprint density at radius 2 is 2.22 bits per heavy atom. The van der Waals surface area contributed by atoms with Crippen molar-refractivity contribution in [1.82, 2.24) is 10.3 Å². The Labute approximate surface area is 130 Å². The number of nitrogen functional groups attached to an aromatic ring is 1. The van der Waals surface area contributed by atoms with Crippen LogP contribution in [-0.4, -0.2) is 17.5 Å². The lowest BCUT2D eigenvalue weighted by atomic mass is 10.1. The maximum absolute atomic E-state index is 13.6. The fourth-order valence-electron chi connectivity index (χ4n) is 2.66. The Kier molecular flexibility index (Phi) is 2.94. The zero-order chi connectivity index (χ0) is 16.0. The van der Waals surface area contributed by atoms with Crippen LogP contribution < -0.4 is 15.8 Å². The first-order valence-corrected chi connectivity index (χ1v) is 7.00. The molecule has 0 fully saturated rings. The summed E-state index contributed by atoms with van der Waals surface area (Å²) >= 11 is 0. The van der Waals surface area contributed by atoms with Crippen LogP contribution in [-0.2, 0) is 0 Å². The molecule has 3 N–H and O–H groups in total. The van der Waals surface area contributed by atoms with Crippen molar-refractivity contribution >= 4 is 23.0 Å². The number of hydrogen-bond donors (Lipinski definition) is 2. The molecule has 0 aliphatic carbocycles. The quantitative estimate of drug-likeness (QED) is 0.758. The molecule has 1 aliphatic heterocycles. The van der Waals surface area contributed by atoms with Crippen molar-refractivity contribution in [2.75, 3.05) is 12.3 Å². The average Bonchev–Trinajstić information content (AvgIpc) is 3.10. The van der Waals surface area contributed by atoms with Gasteiger partial charge in [-0.1, -0.05) is 12.1 Å². The summed E-state index contributed by atoms with van der Waals surface area (Å²) in [6.45, 7) is 0.196. The zero-order valence-electron chi connectivity index (χ0n) is 11.9. The van der Waals surface area contributed by atoms with Gasteiger partial charge >= 0.3 is 0 Å². The molecule has 1 unspecified atom stereocenters. The highest BCUT2D eigenvalue weighted by Gasteiger charge is 2.28. The monoisotopic (exact) mass is 313 g/mol. The van der Waals surface area contributed by atoms with Crippen molar-refractivity contribution in [3.63, 3.8) is 0 Å². The second kappa shape index (κ2) is 4.98. The Balaban J connectivity index is 1.59. The number of nitrogens with one attached hydrogen (secondary N) is 1. The van der Waals surface area contributed by atoms with E-state index in [0.29, 0.717) is 22.2 Å². The van der Waals surface area contributed by atoms with Crippen LogP contribution >= 0.6 is 0 Å². The number of nitrogens with zero attached hydrogens (tertiary/aromatic N) is 1. The van der Waals surface area contributed by atoms with Gasteiger partial charge in [-0.2, -0.15) is 4.98 Å². The van der Waals surface area contributed by atoms with Gasteiger partial charge in [-0.15, -0.1) is 0 Å². The second-order valence-electron chi connectivity index (χ2n) is 5.23. The summed E-state index contributed by atoms with van der Waals surface area (Å²) in [5.74, 6) is -0.546. The Morgan fingerprint density at radius 1 is 1.35 bits per heavy atom. The van der Waals surface area contributed by atoms with E-state index in [4.69, 9.17) is 14.9 Å². The molecule has 2 heterocycles. The molecule has 4 rings (SSSR count). The molecule has 0 radical (unpaired) electrons. The Bertz CT molecular complexity index is 922. The van der Waals surface area contributed by atoms with Crippen LogP contribution in [0.4, 0.5) is 10.4 Å². The molecule has 1 amide bonds. The van der Waals surface area contributed by atoms with Crippen molar-refractivity contribution in [1.29, 1.82) is 0 Å². The number of oxazole rings is 1. The minimum atomic E-state index is -0.432. The number of para-hydroxylation sites is 1. The highest BCUT2D eigenvalue weighted by Crippen LogP contribution is 2.34. The number of carbonyl (C=O) groups excluding carboxylic acids is 1. The molecule has 0 spiro atoms. The molecule has 116 valence electrons. The fourth-order valence-corrected chi connectivity index (χ4v) is 2.66. The van der Waals surface area contributed by atoms with E-state index in [1.165, 1.54) is 6.07 Å². The molecule has 7 heteroatoms. The van der Waals surface area contributed by atoms with Crippen molar-refractivity contribution < 1.29 is 18.3 Å². The van der Waals surface area contributed by atoms with Gasteiger partial charge in [-0.25, -0.2) is 4.39 Å². The first-order chi connectivity index (χ1) is 11.1. The third-order valence-corrected chi connectivity index (χ3v) is 3.74. The number of carbonyl (C=O) groups is 1. The minimum absolute atomic E-state index is 0.0474. The topological polar surface area (TPSA) is 90.4 Å². The third kappa shape index (κ3) is 2.26. The van der Waals surface area contributed by atoms with Crippen molar-refractivity contribution in [3.8, 4) is 5.75 Å². The molecular formula is C16H12FN3O3. The molecule has 3 aromatic rings. The van der Waals surface area contributed by atoms with Crippen LogP contribution in [0.1, 0.15) is 22.0 Å². The number of hydrogen-bond acceptors (Lipinski definition) is 5. The number of amides is 1. The number of rotatable bonds is 2. The highest BCUT2D eigenvalue weighted by atomic mass is 19.1. The lowest BCUT2D eigenvalue weighted by Gasteiger charge is -2.11. The van der Waals surface area contributed by atoms with Gasteiger partial charge in [0.25, 0.3) is 11.9 Å².